The Morgan fingerprint density at radius 2 is 1.86 bits per heavy atom. The Hall–Kier alpha value is -1.96. The van der Waals surface area contributed by atoms with E-state index >= 15 is 0 Å². The van der Waals surface area contributed by atoms with Gasteiger partial charge in [0.25, 0.3) is 0 Å². The van der Waals surface area contributed by atoms with Gasteiger partial charge in [-0.05, 0) is 49.3 Å². The van der Waals surface area contributed by atoms with E-state index < -0.39 is 0 Å². The van der Waals surface area contributed by atoms with Gasteiger partial charge in [0.15, 0.2) is 0 Å². The highest BCUT2D eigenvalue weighted by Crippen LogP contribution is 2.42. The molecule has 3 unspecified atom stereocenters. The van der Waals surface area contributed by atoms with Gasteiger partial charge < -0.3 is 10.1 Å². The minimum absolute atomic E-state index is 0.319. The van der Waals surface area contributed by atoms with E-state index in [9.17, 15) is 0 Å². The maximum absolute atomic E-state index is 6.24. The van der Waals surface area contributed by atoms with Crippen LogP contribution in [0.3, 0.4) is 0 Å². The Morgan fingerprint density at radius 1 is 1.00 bits per heavy atom. The van der Waals surface area contributed by atoms with Gasteiger partial charge in [-0.2, -0.15) is 0 Å². The number of hydrogen-bond donors (Lipinski definition) is 1. The fourth-order valence-corrected chi connectivity index (χ4v) is 3.74. The van der Waals surface area contributed by atoms with Gasteiger partial charge in [0.1, 0.15) is 11.9 Å². The van der Waals surface area contributed by atoms with Crippen molar-refractivity contribution in [1.82, 2.24) is 0 Å². The van der Waals surface area contributed by atoms with E-state index in [1.54, 1.807) is 0 Å². The standard InChI is InChI=1S/C19H21NO/c1-13-6-5-9-18-19(13)20-16-12-15(10-11-17(16)21-18)14-7-3-2-4-8-14/h2-9,15-17,20H,10-12H2,1H3. The number of anilines is 1. The first kappa shape index (κ1) is 12.8. The lowest BCUT2D eigenvalue weighted by molar-refractivity contribution is 0.122. The Balaban J connectivity index is 1.58. The molecule has 1 heterocycles. The van der Waals surface area contributed by atoms with Crippen LogP contribution in [0, 0.1) is 6.92 Å². The Bertz CT molecular complexity index is 637. The molecule has 0 bridgehead atoms. The van der Waals surface area contributed by atoms with Gasteiger partial charge in [-0.3, -0.25) is 0 Å². The van der Waals surface area contributed by atoms with Crippen molar-refractivity contribution in [2.45, 2.75) is 44.2 Å². The van der Waals surface area contributed by atoms with Crippen LogP contribution in [0.25, 0.3) is 0 Å². The SMILES string of the molecule is Cc1cccc2c1NC1CC(c3ccccc3)CCC1O2. The van der Waals surface area contributed by atoms with Gasteiger partial charge in [-0.15, -0.1) is 0 Å². The third kappa shape index (κ3) is 2.29. The summed E-state index contributed by atoms with van der Waals surface area (Å²) in [4.78, 5) is 0. The molecule has 1 aliphatic heterocycles. The summed E-state index contributed by atoms with van der Waals surface area (Å²) in [6.45, 7) is 2.15. The minimum atomic E-state index is 0.319. The number of ether oxygens (including phenoxy) is 1. The Labute approximate surface area is 126 Å². The lowest BCUT2D eigenvalue weighted by Crippen LogP contribution is -2.45. The molecule has 1 N–H and O–H groups in total. The molecule has 1 fully saturated rings. The molecular formula is C19H21NO. The van der Waals surface area contributed by atoms with Crippen LogP contribution in [-0.4, -0.2) is 12.1 Å². The maximum Gasteiger partial charge on any atom is 0.143 e. The number of aryl methyl sites for hydroxylation is 1. The summed E-state index contributed by atoms with van der Waals surface area (Å²) in [5.41, 5.74) is 3.92. The van der Waals surface area contributed by atoms with Crippen molar-refractivity contribution in [2.75, 3.05) is 5.32 Å². The lowest BCUT2D eigenvalue weighted by atomic mass is 9.79. The number of para-hydroxylation sites is 1. The van der Waals surface area contributed by atoms with E-state index in [1.807, 2.05) is 0 Å². The highest BCUT2D eigenvalue weighted by molar-refractivity contribution is 5.63. The number of benzene rings is 2. The summed E-state index contributed by atoms with van der Waals surface area (Å²) in [5, 5.41) is 3.74. The highest BCUT2D eigenvalue weighted by atomic mass is 16.5. The molecule has 21 heavy (non-hydrogen) atoms. The van der Waals surface area contributed by atoms with Gasteiger partial charge in [0, 0.05) is 0 Å². The van der Waals surface area contributed by atoms with E-state index in [-0.39, 0.29) is 0 Å². The highest BCUT2D eigenvalue weighted by Gasteiger charge is 2.36. The molecule has 0 radical (unpaired) electrons. The van der Waals surface area contributed by atoms with Crippen LogP contribution in [0.15, 0.2) is 48.5 Å². The Morgan fingerprint density at radius 3 is 2.71 bits per heavy atom. The predicted octanol–water partition coefficient (Wildman–Crippen LogP) is 4.50. The molecule has 2 heteroatoms. The fourth-order valence-electron chi connectivity index (χ4n) is 3.74. The molecule has 1 saturated carbocycles. The van der Waals surface area contributed by atoms with E-state index in [0.29, 0.717) is 18.1 Å². The number of rotatable bonds is 1. The molecule has 2 aromatic rings. The van der Waals surface area contributed by atoms with Gasteiger partial charge in [0.05, 0.1) is 11.7 Å². The molecule has 3 atom stereocenters. The zero-order valence-electron chi connectivity index (χ0n) is 12.4. The smallest absolute Gasteiger partial charge is 0.143 e. The molecule has 2 aromatic carbocycles. The van der Waals surface area contributed by atoms with Crippen LogP contribution < -0.4 is 10.1 Å². The van der Waals surface area contributed by atoms with Crippen LogP contribution >= 0.6 is 0 Å². The summed E-state index contributed by atoms with van der Waals surface area (Å²) in [6, 6.07) is 17.6. The van der Waals surface area contributed by atoms with Crippen molar-refractivity contribution in [3.8, 4) is 5.75 Å². The predicted molar refractivity (Wildman–Crippen MR) is 86.0 cm³/mol. The van der Waals surface area contributed by atoms with E-state index in [1.165, 1.54) is 23.2 Å². The Kier molecular flexibility index (Phi) is 3.10. The number of fused-ring (bicyclic) bond motifs is 2. The summed E-state index contributed by atoms with van der Waals surface area (Å²) in [7, 11) is 0. The average molecular weight is 279 g/mol. The molecule has 0 aromatic heterocycles. The largest absolute Gasteiger partial charge is 0.486 e. The molecule has 108 valence electrons. The summed E-state index contributed by atoms with van der Waals surface area (Å²) >= 11 is 0. The van der Waals surface area contributed by atoms with Crippen LogP contribution in [-0.2, 0) is 0 Å². The monoisotopic (exact) mass is 279 g/mol. The quantitative estimate of drug-likeness (QED) is 0.829. The number of nitrogens with one attached hydrogen (secondary N) is 1. The summed E-state index contributed by atoms with van der Waals surface area (Å²) in [6.07, 6.45) is 3.82. The van der Waals surface area contributed by atoms with Gasteiger partial charge in [0.2, 0.25) is 0 Å². The second kappa shape index (κ2) is 5.10. The molecule has 2 aliphatic rings. The average Bonchev–Trinajstić information content (AvgIpc) is 2.54. The van der Waals surface area contributed by atoms with Crippen molar-refractivity contribution in [1.29, 1.82) is 0 Å². The van der Waals surface area contributed by atoms with Crippen molar-refractivity contribution in [3.63, 3.8) is 0 Å². The van der Waals surface area contributed by atoms with Gasteiger partial charge in [-0.1, -0.05) is 42.5 Å². The third-order valence-electron chi connectivity index (χ3n) is 4.90. The zero-order valence-corrected chi connectivity index (χ0v) is 12.4. The molecule has 0 amide bonds. The normalized spacial score (nSPS) is 27.0. The van der Waals surface area contributed by atoms with Crippen molar-refractivity contribution >= 4 is 5.69 Å². The second-order valence-corrected chi connectivity index (χ2v) is 6.28. The molecule has 1 aliphatic carbocycles. The molecule has 0 spiro atoms. The lowest BCUT2D eigenvalue weighted by Gasteiger charge is -2.41. The van der Waals surface area contributed by atoms with E-state index in [2.05, 4.69) is 60.8 Å². The van der Waals surface area contributed by atoms with E-state index in [4.69, 9.17) is 4.74 Å². The van der Waals surface area contributed by atoms with Crippen molar-refractivity contribution < 1.29 is 4.74 Å². The van der Waals surface area contributed by atoms with Gasteiger partial charge in [-0.25, -0.2) is 0 Å². The first-order valence-corrected chi connectivity index (χ1v) is 7.89. The van der Waals surface area contributed by atoms with Crippen LogP contribution in [0.1, 0.15) is 36.3 Å². The number of hydrogen-bond acceptors (Lipinski definition) is 2. The summed E-state index contributed by atoms with van der Waals surface area (Å²) < 4.78 is 6.24. The van der Waals surface area contributed by atoms with Crippen LogP contribution in [0.2, 0.25) is 0 Å². The van der Waals surface area contributed by atoms with Gasteiger partial charge >= 0.3 is 0 Å². The topological polar surface area (TPSA) is 21.3 Å². The molecular weight excluding hydrogens is 258 g/mol. The van der Waals surface area contributed by atoms with Crippen molar-refractivity contribution in [2.24, 2.45) is 0 Å². The first-order valence-electron chi connectivity index (χ1n) is 7.89. The fraction of sp³-hybridized carbons (Fsp3) is 0.368. The summed E-state index contributed by atoms with van der Waals surface area (Å²) in [5.74, 6) is 1.67. The molecule has 0 saturated heterocycles. The van der Waals surface area contributed by atoms with Crippen LogP contribution in [0.5, 0.6) is 5.75 Å². The molecule has 4 rings (SSSR count). The third-order valence-corrected chi connectivity index (χ3v) is 4.90. The maximum atomic E-state index is 6.24. The van der Waals surface area contributed by atoms with Crippen LogP contribution in [0.4, 0.5) is 5.69 Å². The second-order valence-electron chi connectivity index (χ2n) is 6.28. The minimum Gasteiger partial charge on any atom is -0.486 e. The van der Waals surface area contributed by atoms with Crippen molar-refractivity contribution in [3.05, 3.63) is 59.7 Å². The first-order chi connectivity index (χ1) is 10.3. The van der Waals surface area contributed by atoms with E-state index in [0.717, 1.165) is 18.6 Å². The zero-order chi connectivity index (χ0) is 14.2. The molecule has 2 nitrogen and oxygen atoms in total.